The van der Waals surface area contributed by atoms with Crippen LogP contribution in [0.1, 0.15) is 37.2 Å². The van der Waals surface area contributed by atoms with E-state index in [1.54, 1.807) is 7.11 Å². The molecule has 2 saturated heterocycles. The predicted octanol–water partition coefficient (Wildman–Crippen LogP) is 2.72. The number of piperidine rings is 1. The van der Waals surface area contributed by atoms with Gasteiger partial charge in [0.2, 0.25) is 0 Å². The minimum atomic E-state index is 0.146. The first-order valence-corrected chi connectivity index (χ1v) is 8.00. The Kier molecular flexibility index (Phi) is 4.99. The molecule has 2 aliphatic rings. The fourth-order valence-electron chi connectivity index (χ4n) is 3.16. The minimum absolute atomic E-state index is 0.146. The second-order valence-corrected chi connectivity index (χ2v) is 5.91. The number of hydrogen-bond acceptors (Lipinski definition) is 4. The van der Waals surface area contributed by atoms with Crippen molar-refractivity contribution in [3.05, 3.63) is 23.8 Å². The zero-order valence-electron chi connectivity index (χ0n) is 12.8. The van der Waals surface area contributed by atoms with Crippen LogP contribution in [0.25, 0.3) is 0 Å². The molecule has 4 nitrogen and oxygen atoms in total. The number of methoxy groups -OCH3 is 1. The van der Waals surface area contributed by atoms with Gasteiger partial charge in [0.15, 0.2) is 11.5 Å². The highest BCUT2D eigenvalue weighted by atomic mass is 16.5. The zero-order chi connectivity index (χ0) is 14.5. The maximum absolute atomic E-state index is 6.14. The van der Waals surface area contributed by atoms with Gasteiger partial charge in [-0.15, -0.1) is 0 Å². The molecule has 2 fully saturated rings. The van der Waals surface area contributed by atoms with E-state index in [1.165, 1.54) is 18.4 Å². The highest BCUT2D eigenvalue weighted by Crippen LogP contribution is 2.34. The first-order chi connectivity index (χ1) is 10.4. The Morgan fingerprint density at radius 3 is 2.86 bits per heavy atom. The summed E-state index contributed by atoms with van der Waals surface area (Å²) in [5, 5.41) is 3.47. The SMILES string of the molecule is COc1ccc(C2CCCNC2)cc1OC1CCCOC1. The number of nitrogens with one attached hydrogen (secondary N) is 1. The third kappa shape index (κ3) is 3.69. The Morgan fingerprint density at radius 1 is 1.19 bits per heavy atom. The highest BCUT2D eigenvalue weighted by Gasteiger charge is 2.20. The minimum Gasteiger partial charge on any atom is -0.493 e. The number of benzene rings is 1. The van der Waals surface area contributed by atoms with Gasteiger partial charge >= 0.3 is 0 Å². The fourth-order valence-corrected chi connectivity index (χ4v) is 3.16. The summed E-state index contributed by atoms with van der Waals surface area (Å²) in [6.07, 6.45) is 4.75. The first-order valence-electron chi connectivity index (χ1n) is 8.00. The number of ether oxygens (including phenoxy) is 3. The molecule has 1 N–H and O–H groups in total. The van der Waals surface area contributed by atoms with Gasteiger partial charge < -0.3 is 19.5 Å². The summed E-state index contributed by atoms with van der Waals surface area (Å²) >= 11 is 0. The van der Waals surface area contributed by atoms with Crippen LogP contribution in [0.2, 0.25) is 0 Å². The Hall–Kier alpha value is -1.26. The van der Waals surface area contributed by atoms with E-state index in [9.17, 15) is 0 Å². The monoisotopic (exact) mass is 291 g/mol. The molecule has 21 heavy (non-hydrogen) atoms. The van der Waals surface area contributed by atoms with Crippen molar-refractivity contribution in [1.82, 2.24) is 5.32 Å². The molecule has 0 saturated carbocycles. The van der Waals surface area contributed by atoms with Crippen molar-refractivity contribution in [2.24, 2.45) is 0 Å². The zero-order valence-corrected chi connectivity index (χ0v) is 12.8. The van der Waals surface area contributed by atoms with Crippen molar-refractivity contribution in [3.63, 3.8) is 0 Å². The van der Waals surface area contributed by atoms with Crippen molar-refractivity contribution in [2.75, 3.05) is 33.4 Å². The highest BCUT2D eigenvalue weighted by molar-refractivity contribution is 5.44. The molecule has 1 aromatic carbocycles. The lowest BCUT2D eigenvalue weighted by Crippen LogP contribution is -2.29. The van der Waals surface area contributed by atoms with Crippen LogP contribution in [-0.4, -0.2) is 39.5 Å². The summed E-state index contributed by atoms with van der Waals surface area (Å²) in [5.74, 6) is 2.25. The lowest BCUT2D eigenvalue weighted by atomic mass is 9.91. The molecule has 1 aromatic rings. The van der Waals surface area contributed by atoms with Crippen molar-refractivity contribution in [1.29, 1.82) is 0 Å². The van der Waals surface area contributed by atoms with Gasteiger partial charge in [-0.3, -0.25) is 0 Å². The van der Waals surface area contributed by atoms with Gasteiger partial charge in [0.05, 0.1) is 13.7 Å². The van der Waals surface area contributed by atoms with Crippen LogP contribution in [-0.2, 0) is 4.74 Å². The van der Waals surface area contributed by atoms with Crippen LogP contribution >= 0.6 is 0 Å². The molecule has 3 rings (SSSR count). The molecule has 0 amide bonds. The quantitative estimate of drug-likeness (QED) is 0.926. The number of rotatable bonds is 4. The van der Waals surface area contributed by atoms with Gasteiger partial charge in [-0.25, -0.2) is 0 Å². The lowest BCUT2D eigenvalue weighted by molar-refractivity contribution is 0.00639. The van der Waals surface area contributed by atoms with Gasteiger partial charge in [-0.05, 0) is 55.8 Å². The van der Waals surface area contributed by atoms with Gasteiger partial charge in [-0.1, -0.05) is 6.07 Å². The van der Waals surface area contributed by atoms with Crippen LogP contribution in [0.3, 0.4) is 0 Å². The van der Waals surface area contributed by atoms with Crippen molar-refractivity contribution in [2.45, 2.75) is 37.7 Å². The molecule has 0 aliphatic carbocycles. The maximum Gasteiger partial charge on any atom is 0.161 e. The third-order valence-electron chi connectivity index (χ3n) is 4.37. The van der Waals surface area contributed by atoms with Crippen LogP contribution < -0.4 is 14.8 Å². The van der Waals surface area contributed by atoms with E-state index in [2.05, 4.69) is 17.4 Å². The van der Waals surface area contributed by atoms with Crippen LogP contribution in [0, 0.1) is 0 Å². The van der Waals surface area contributed by atoms with Crippen molar-refractivity contribution >= 4 is 0 Å². The molecule has 116 valence electrons. The van der Waals surface area contributed by atoms with Crippen LogP contribution in [0.15, 0.2) is 18.2 Å². The smallest absolute Gasteiger partial charge is 0.161 e. The summed E-state index contributed by atoms with van der Waals surface area (Å²) in [5.41, 5.74) is 1.34. The van der Waals surface area contributed by atoms with E-state index in [1.807, 2.05) is 6.07 Å². The predicted molar refractivity (Wildman–Crippen MR) is 82.3 cm³/mol. The number of hydrogen-bond donors (Lipinski definition) is 1. The summed E-state index contributed by atoms with van der Waals surface area (Å²) in [7, 11) is 1.70. The van der Waals surface area contributed by atoms with E-state index in [0.717, 1.165) is 44.0 Å². The molecule has 4 heteroatoms. The van der Waals surface area contributed by atoms with E-state index >= 15 is 0 Å². The topological polar surface area (TPSA) is 39.7 Å². The standard InChI is InChI=1S/C17H25NO3/c1-19-16-7-6-13(14-4-2-8-18-11-14)10-17(16)21-15-5-3-9-20-12-15/h6-7,10,14-15,18H,2-5,8-9,11-12H2,1H3. The van der Waals surface area contributed by atoms with Crippen molar-refractivity contribution < 1.29 is 14.2 Å². The molecule has 2 heterocycles. The van der Waals surface area contributed by atoms with Gasteiger partial charge in [0.25, 0.3) is 0 Å². The van der Waals surface area contributed by atoms with Crippen molar-refractivity contribution in [3.8, 4) is 11.5 Å². The van der Waals surface area contributed by atoms with E-state index in [4.69, 9.17) is 14.2 Å². The Bertz CT molecular complexity index is 451. The third-order valence-corrected chi connectivity index (χ3v) is 4.37. The molecule has 2 unspecified atom stereocenters. The molecule has 0 aromatic heterocycles. The maximum atomic E-state index is 6.14. The second kappa shape index (κ2) is 7.14. The summed E-state index contributed by atoms with van der Waals surface area (Å²) in [6, 6.07) is 6.36. The lowest BCUT2D eigenvalue weighted by Gasteiger charge is -2.26. The molecule has 0 spiro atoms. The summed E-state index contributed by atoms with van der Waals surface area (Å²) in [4.78, 5) is 0. The second-order valence-electron chi connectivity index (χ2n) is 5.91. The average molecular weight is 291 g/mol. The van der Waals surface area contributed by atoms with E-state index in [-0.39, 0.29) is 6.10 Å². The van der Waals surface area contributed by atoms with Gasteiger partial charge in [0.1, 0.15) is 6.10 Å². The molecular formula is C17H25NO3. The molecule has 2 atom stereocenters. The average Bonchev–Trinajstić information content (AvgIpc) is 2.56. The van der Waals surface area contributed by atoms with Gasteiger partial charge in [-0.2, -0.15) is 0 Å². The molecular weight excluding hydrogens is 266 g/mol. The Balaban J connectivity index is 1.75. The first kappa shape index (κ1) is 14.7. The normalized spacial score (nSPS) is 26.3. The van der Waals surface area contributed by atoms with Crippen LogP contribution in [0.5, 0.6) is 11.5 Å². The Morgan fingerprint density at radius 2 is 2.14 bits per heavy atom. The van der Waals surface area contributed by atoms with E-state index in [0.29, 0.717) is 12.5 Å². The molecule has 0 bridgehead atoms. The Labute approximate surface area is 126 Å². The fraction of sp³-hybridized carbons (Fsp3) is 0.647. The largest absolute Gasteiger partial charge is 0.493 e. The van der Waals surface area contributed by atoms with E-state index < -0.39 is 0 Å². The van der Waals surface area contributed by atoms with Gasteiger partial charge in [0, 0.05) is 13.2 Å². The van der Waals surface area contributed by atoms with Crippen LogP contribution in [0.4, 0.5) is 0 Å². The molecule has 0 radical (unpaired) electrons. The summed E-state index contributed by atoms with van der Waals surface area (Å²) in [6.45, 7) is 3.72. The summed E-state index contributed by atoms with van der Waals surface area (Å²) < 4.78 is 17.1. The molecule has 2 aliphatic heterocycles.